The quantitative estimate of drug-likeness (QED) is 0.582. The highest BCUT2D eigenvalue weighted by atomic mass is 19.1. The molecular weight excluding hydrogens is 163 g/mol. The first-order valence-electron chi connectivity index (χ1n) is 3.36. The minimum atomic E-state index is -1.51. The Hall–Kier alpha value is -1.00. The zero-order chi connectivity index (χ0) is 9.19. The number of hydrogen-bond acceptors (Lipinski definition) is 3. The highest BCUT2D eigenvalue weighted by Gasteiger charge is 2.35. The van der Waals surface area contributed by atoms with Crippen LogP contribution in [0.25, 0.3) is 0 Å². The molecule has 0 aromatic heterocycles. The van der Waals surface area contributed by atoms with E-state index in [4.69, 9.17) is 9.47 Å². The molecule has 0 bridgehead atoms. The Morgan fingerprint density at radius 3 is 2.42 bits per heavy atom. The molecule has 4 heteroatoms. The molecule has 0 heterocycles. The number of hydrogen-bond donors (Lipinski definition) is 0. The number of ether oxygens (including phenoxy) is 2. The highest BCUT2D eigenvalue weighted by molar-refractivity contribution is 6.00. The zero-order valence-corrected chi connectivity index (χ0v) is 6.83. The first-order chi connectivity index (χ1) is 5.64. The van der Waals surface area contributed by atoms with Crippen LogP contribution in [0.5, 0.6) is 0 Å². The van der Waals surface area contributed by atoms with Gasteiger partial charge in [-0.3, -0.25) is 4.79 Å². The van der Waals surface area contributed by atoms with Crippen LogP contribution in [0.4, 0.5) is 4.39 Å². The average Bonchev–Trinajstić information content (AvgIpc) is 2.06. The molecule has 0 unspecified atom stereocenters. The maximum atomic E-state index is 13.1. The van der Waals surface area contributed by atoms with E-state index in [2.05, 4.69) is 0 Å². The van der Waals surface area contributed by atoms with E-state index in [0.717, 1.165) is 6.08 Å². The van der Waals surface area contributed by atoms with Crippen molar-refractivity contribution in [2.24, 2.45) is 0 Å². The van der Waals surface area contributed by atoms with E-state index < -0.39 is 17.4 Å². The van der Waals surface area contributed by atoms with Gasteiger partial charge in [-0.05, 0) is 12.2 Å². The molecule has 0 aromatic carbocycles. The molecule has 0 radical (unpaired) electrons. The van der Waals surface area contributed by atoms with Gasteiger partial charge >= 0.3 is 0 Å². The van der Waals surface area contributed by atoms with Gasteiger partial charge in [-0.25, -0.2) is 4.39 Å². The van der Waals surface area contributed by atoms with Gasteiger partial charge < -0.3 is 9.47 Å². The monoisotopic (exact) mass is 172 g/mol. The van der Waals surface area contributed by atoms with Crippen molar-refractivity contribution >= 4 is 5.78 Å². The van der Waals surface area contributed by atoms with Gasteiger partial charge in [-0.1, -0.05) is 0 Å². The van der Waals surface area contributed by atoms with Crippen LogP contribution in [0.3, 0.4) is 0 Å². The first-order valence-corrected chi connectivity index (χ1v) is 3.36. The fourth-order valence-electron chi connectivity index (χ4n) is 0.959. The first kappa shape index (κ1) is 9.09. The van der Waals surface area contributed by atoms with Crippen LogP contribution in [-0.4, -0.2) is 25.8 Å². The van der Waals surface area contributed by atoms with Crippen LogP contribution in [0.1, 0.15) is 0 Å². The van der Waals surface area contributed by atoms with Crippen LogP contribution < -0.4 is 0 Å². The molecule has 0 saturated heterocycles. The van der Waals surface area contributed by atoms with Crippen molar-refractivity contribution in [2.75, 3.05) is 14.2 Å². The Balaban J connectivity index is 2.99. The van der Waals surface area contributed by atoms with Crippen LogP contribution in [0.15, 0.2) is 24.1 Å². The number of rotatable bonds is 2. The Labute approximate surface area is 69.5 Å². The molecule has 1 rings (SSSR count). The summed E-state index contributed by atoms with van der Waals surface area (Å²) in [4.78, 5) is 10.7. The van der Waals surface area contributed by atoms with Crippen LogP contribution in [-0.2, 0) is 14.3 Å². The van der Waals surface area contributed by atoms with Crippen LogP contribution in [0, 0.1) is 0 Å². The second kappa shape index (κ2) is 3.16. The lowest BCUT2D eigenvalue weighted by Crippen LogP contribution is -2.34. The summed E-state index contributed by atoms with van der Waals surface area (Å²) in [5.41, 5.74) is 0. The predicted molar refractivity (Wildman–Crippen MR) is 40.1 cm³/mol. The van der Waals surface area contributed by atoms with E-state index in [-0.39, 0.29) is 0 Å². The molecule has 3 nitrogen and oxygen atoms in total. The number of halogens is 1. The fourth-order valence-corrected chi connectivity index (χ4v) is 0.959. The van der Waals surface area contributed by atoms with Crippen molar-refractivity contribution in [1.82, 2.24) is 0 Å². The number of methoxy groups -OCH3 is 2. The average molecular weight is 172 g/mol. The van der Waals surface area contributed by atoms with E-state index >= 15 is 0 Å². The molecule has 0 N–H and O–H groups in total. The minimum absolute atomic E-state index is 0.405. The lowest BCUT2D eigenvalue weighted by Gasteiger charge is -2.26. The van der Waals surface area contributed by atoms with Gasteiger partial charge in [0.1, 0.15) is 0 Å². The van der Waals surface area contributed by atoms with E-state index in [9.17, 15) is 9.18 Å². The Kier molecular flexibility index (Phi) is 2.40. The van der Waals surface area contributed by atoms with Gasteiger partial charge in [0.25, 0.3) is 0 Å². The van der Waals surface area contributed by atoms with E-state index in [0.29, 0.717) is 0 Å². The molecule has 0 spiro atoms. The molecule has 0 fully saturated rings. The standard InChI is InChI=1S/C8H9FO3/c1-11-8(12-2)4-3-6(10)5-7(8)9/h3-5H,1-2H3. The summed E-state index contributed by atoms with van der Waals surface area (Å²) in [6, 6.07) is 0. The molecule has 0 aromatic rings. The topological polar surface area (TPSA) is 35.5 Å². The second-order valence-electron chi connectivity index (χ2n) is 2.30. The van der Waals surface area contributed by atoms with Gasteiger partial charge in [0, 0.05) is 20.3 Å². The van der Waals surface area contributed by atoms with Crippen molar-refractivity contribution < 1.29 is 18.7 Å². The third-order valence-electron chi connectivity index (χ3n) is 1.68. The molecular formula is C8H9FO3. The third kappa shape index (κ3) is 1.31. The Morgan fingerprint density at radius 2 is 2.00 bits per heavy atom. The van der Waals surface area contributed by atoms with Gasteiger partial charge in [-0.15, -0.1) is 0 Å². The zero-order valence-electron chi connectivity index (χ0n) is 6.83. The van der Waals surface area contributed by atoms with E-state index in [1.165, 1.54) is 26.4 Å². The van der Waals surface area contributed by atoms with Crippen molar-refractivity contribution in [2.45, 2.75) is 5.79 Å². The fraction of sp³-hybridized carbons (Fsp3) is 0.375. The van der Waals surface area contributed by atoms with Gasteiger partial charge in [0.15, 0.2) is 11.6 Å². The summed E-state index contributed by atoms with van der Waals surface area (Å²) in [6.07, 6.45) is 3.29. The van der Waals surface area contributed by atoms with Crippen molar-refractivity contribution in [1.29, 1.82) is 0 Å². The molecule has 0 saturated carbocycles. The van der Waals surface area contributed by atoms with Crippen molar-refractivity contribution in [3.63, 3.8) is 0 Å². The maximum absolute atomic E-state index is 13.1. The van der Waals surface area contributed by atoms with Crippen molar-refractivity contribution in [3.05, 3.63) is 24.1 Å². The van der Waals surface area contributed by atoms with Gasteiger partial charge in [0.05, 0.1) is 0 Å². The molecule has 1 aliphatic carbocycles. The lowest BCUT2D eigenvalue weighted by atomic mass is 10.1. The van der Waals surface area contributed by atoms with Crippen molar-refractivity contribution in [3.8, 4) is 0 Å². The lowest BCUT2D eigenvalue weighted by molar-refractivity contribution is -0.155. The van der Waals surface area contributed by atoms with E-state index in [1.54, 1.807) is 0 Å². The van der Waals surface area contributed by atoms with Crippen LogP contribution in [0.2, 0.25) is 0 Å². The highest BCUT2D eigenvalue weighted by Crippen LogP contribution is 2.27. The minimum Gasteiger partial charge on any atom is -0.344 e. The number of carbonyl (C=O) groups excluding carboxylic acids is 1. The summed E-state index contributed by atoms with van der Waals surface area (Å²) in [6.45, 7) is 0. The molecule has 1 aliphatic rings. The Morgan fingerprint density at radius 1 is 1.42 bits per heavy atom. The maximum Gasteiger partial charge on any atom is 0.242 e. The Bertz CT molecular complexity index is 251. The molecule has 0 atom stereocenters. The third-order valence-corrected chi connectivity index (χ3v) is 1.68. The van der Waals surface area contributed by atoms with Gasteiger partial charge in [-0.2, -0.15) is 0 Å². The molecule has 0 aliphatic heterocycles. The summed E-state index contributed by atoms with van der Waals surface area (Å²) < 4.78 is 22.7. The predicted octanol–water partition coefficient (Wildman–Crippen LogP) is 0.968. The smallest absolute Gasteiger partial charge is 0.242 e. The van der Waals surface area contributed by atoms with E-state index in [1.807, 2.05) is 0 Å². The number of carbonyl (C=O) groups is 1. The number of allylic oxidation sites excluding steroid dienone is 2. The summed E-state index contributed by atoms with van der Waals surface area (Å²) in [5, 5.41) is 0. The molecule has 12 heavy (non-hydrogen) atoms. The summed E-state index contributed by atoms with van der Waals surface area (Å²) >= 11 is 0. The number of ketones is 1. The second-order valence-corrected chi connectivity index (χ2v) is 2.30. The van der Waals surface area contributed by atoms with Crippen LogP contribution >= 0.6 is 0 Å². The molecule has 66 valence electrons. The summed E-state index contributed by atoms with van der Waals surface area (Å²) in [5.74, 6) is -2.65. The molecule has 0 amide bonds. The SMILES string of the molecule is COC1(OC)C=CC(=O)C=C1F. The largest absolute Gasteiger partial charge is 0.344 e. The summed E-state index contributed by atoms with van der Waals surface area (Å²) in [7, 11) is 2.61. The van der Waals surface area contributed by atoms with Gasteiger partial charge in [0.2, 0.25) is 5.79 Å². The normalized spacial score (nSPS) is 20.9.